The highest BCUT2D eigenvalue weighted by molar-refractivity contribution is 5.74. The highest BCUT2D eigenvalue weighted by Crippen LogP contribution is 2.21. The number of hydrogen-bond acceptors (Lipinski definition) is 3. The number of imidazole rings is 1. The van der Waals surface area contributed by atoms with Gasteiger partial charge in [0, 0.05) is 6.07 Å². The smallest absolute Gasteiger partial charge is 0.212 e. The van der Waals surface area contributed by atoms with E-state index in [2.05, 4.69) is 23.0 Å². The number of para-hydroxylation sites is 1. The third-order valence-electron chi connectivity index (χ3n) is 3.01. The van der Waals surface area contributed by atoms with E-state index in [9.17, 15) is 5.11 Å². The average molecular weight is 239 g/mol. The fraction of sp³-hybridized carbons (Fsp3) is 0.143. The van der Waals surface area contributed by atoms with E-state index in [4.69, 9.17) is 0 Å². The minimum absolute atomic E-state index is 0.0122. The zero-order valence-electron chi connectivity index (χ0n) is 10.0. The van der Waals surface area contributed by atoms with Gasteiger partial charge in [-0.15, -0.1) is 0 Å². The standard InChI is InChI=1S/C14H13N3O/c1-2-10-5-3-4-6-12(10)17-9-15-11-7-8-13(18)16-14(11)17/h3-9H,2H2,1H3,(H,16,18). The summed E-state index contributed by atoms with van der Waals surface area (Å²) >= 11 is 0. The summed E-state index contributed by atoms with van der Waals surface area (Å²) in [5.74, 6) is 0.0122. The largest absolute Gasteiger partial charge is 0.493 e. The molecular formula is C14H13N3O. The van der Waals surface area contributed by atoms with Crippen molar-refractivity contribution in [2.24, 2.45) is 0 Å². The summed E-state index contributed by atoms with van der Waals surface area (Å²) in [6.07, 6.45) is 2.68. The lowest BCUT2D eigenvalue weighted by Gasteiger charge is -2.08. The fourth-order valence-corrected chi connectivity index (χ4v) is 2.10. The van der Waals surface area contributed by atoms with Crippen LogP contribution in [0.25, 0.3) is 16.9 Å². The summed E-state index contributed by atoms with van der Waals surface area (Å²) in [6.45, 7) is 2.11. The Morgan fingerprint density at radius 1 is 1.17 bits per heavy atom. The lowest BCUT2D eigenvalue weighted by Crippen LogP contribution is -1.98. The van der Waals surface area contributed by atoms with Gasteiger partial charge in [-0.1, -0.05) is 25.1 Å². The van der Waals surface area contributed by atoms with Gasteiger partial charge in [-0.25, -0.2) is 4.98 Å². The molecule has 18 heavy (non-hydrogen) atoms. The monoisotopic (exact) mass is 239 g/mol. The second kappa shape index (κ2) is 4.14. The SMILES string of the molecule is CCc1ccccc1-n1cnc2ccc(O)nc21. The molecule has 0 unspecified atom stereocenters. The molecule has 0 aliphatic carbocycles. The predicted octanol–water partition coefficient (Wildman–Crippen LogP) is 2.69. The van der Waals surface area contributed by atoms with E-state index in [-0.39, 0.29) is 5.88 Å². The molecule has 2 heterocycles. The van der Waals surface area contributed by atoms with Crippen LogP contribution in [-0.2, 0) is 6.42 Å². The van der Waals surface area contributed by atoms with E-state index in [1.54, 1.807) is 18.5 Å². The Labute approximate surface area is 105 Å². The van der Waals surface area contributed by atoms with Crippen molar-refractivity contribution in [1.82, 2.24) is 14.5 Å². The van der Waals surface area contributed by atoms with Gasteiger partial charge in [-0.3, -0.25) is 4.57 Å². The number of aromatic nitrogens is 3. The van der Waals surface area contributed by atoms with E-state index < -0.39 is 0 Å². The van der Waals surface area contributed by atoms with E-state index in [1.807, 2.05) is 22.8 Å². The molecule has 0 saturated carbocycles. The van der Waals surface area contributed by atoms with Crippen LogP contribution in [0.2, 0.25) is 0 Å². The molecule has 0 aliphatic rings. The predicted molar refractivity (Wildman–Crippen MR) is 69.9 cm³/mol. The maximum absolute atomic E-state index is 9.49. The van der Waals surface area contributed by atoms with Crippen molar-refractivity contribution >= 4 is 11.2 Å². The van der Waals surface area contributed by atoms with Crippen molar-refractivity contribution < 1.29 is 5.11 Å². The first-order valence-electron chi connectivity index (χ1n) is 5.91. The molecule has 2 aromatic heterocycles. The lowest BCUT2D eigenvalue weighted by molar-refractivity contribution is 0.455. The maximum atomic E-state index is 9.49. The van der Waals surface area contributed by atoms with Crippen molar-refractivity contribution in [3.8, 4) is 11.6 Å². The Morgan fingerprint density at radius 3 is 2.83 bits per heavy atom. The summed E-state index contributed by atoms with van der Waals surface area (Å²) in [7, 11) is 0. The molecule has 1 N–H and O–H groups in total. The number of benzene rings is 1. The molecule has 0 saturated heterocycles. The van der Waals surface area contributed by atoms with Crippen LogP contribution < -0.4 is 0 Å². The maximum Gasteiger partial charge on any atom is 0.212 e. The molecule has 4 heteroatoms. The highest BCUT2D eigenvalue weighted by atomic mass is 16.3. The number of aromatic hydroxyl groups is 1. The minimum atomic E-state index is 0.0122. The molecule has 0 bridgehead atoms. The summed E-state index contributed by atoms with van der Waals surface area (Å²) in [4.78, 5) is 8.44. The molecule has 0 atom stereocenters. The Bertz CT molecular complexity index is 703. The molecular weight excluding hydrogens is 226 g/mol. The minimum Gasteiger partial charge on any atom is -0.493 e. The number of aryl methyl sites for hydroxylation is 1. The molecule has 0 aliphatic heterocycles. The van der Waals surface area contributed by atoms with Crippen LogP contribution >= 0.6 is 0 Å². The second-order valence-corrected chi connectivity index (χ2v) is 4.11. The average Bonchev–Trinajstić information content (AvgIpc) is 2.81. The zero-order valence-corrected chi connectivity index (χ0v) is 10.0. The summed E-state index contributed by atoms with van der Waals surface area (Å²) in [5.41, 5.74) is 3.73. The zero-order chi connectivity index (χ0) is 12.5. The van der Waals surface area contributed by atoms with Crippen LogP contribution in [-0.4, -0.2) is 19.6 Å². The lowest BCUT2D eigenvalue weighted by atomic mass is 10.1. The van der Waals surface area contributed by atoms with Gasteiger partial charge >= 0.3 is 0 Å². The summed E-state index contributed by atoms with van der Waals surface area (Å²) in [5, 5.41) is 9.49. The molecule has 0 spiro atoms. The van der Waals surface area contributed by atoms with Crippen LogP contribution in [0.3, 0.4) is 0 Å². The van der Waals surface area contributed by atoms with E-state index in [0.29, 0.717) is 5.65 Å². The van der Waals surface area contributed by atoms with Gasteiger partial charge in [0.15, 0.2) is 5.65 Å². The Morgan fingerprint density at radius 2 is 2.00 bits per heavy atom. The third kappa shape index (κ3) is 1.62. The number of rotatable bonds is 2. The highest BCUT2D eigenvalue weighted by Gasteiger charge is 2.09. The Kier molecular flexibility index (Phi) is 2.48. The van der Waals surface area contributed by atoms with Crippen molar-refractivity contribution in [2.45, 2.75) is 13.3 Å². The van der Waals surface area contributed by atoms with Gasteiger partial charge in [-0.2, -0.15) is 4.98 Å². The molecule has 3 rings (SSSR count). The molecule has 0 fully saturated rings. The van der Waals surface area contributed by atoms with Gasteiger partial charge in [0.25, 0.3) is 0 Å². The quantitative estimate of drug-likeness (QED) is 0.748. The van der Waals surface area contributed by atoms with E-state index in [0.717, 1.165) is 17.6 Å². The topological polar surface area (TPSA) is 50.9 Å². The molecule has 0 radical (unpaired) electrons. The summed E-state index contributed by atoms with van der Waals surface area (Å²) < 4.78 is 1.91. The van der Waals surface area contributed by atoms with Crippen LogP contribution in [0.5, 0.6) is 5.88 Å². The van der Waals surface area contributed by atoms with Crippen molar-refractivity contribution in [1.29, 1.82) is 0 Å². The van der Waals surface area contributed by atoms with E-state index in [1.165, 1.54) is 5.56 Å². The van der Waals surface area contributed by atoms with Gasteiger partial charge in [0.2, 0.25) is 5.88 Å². The number of hydrogen-bond donors (Lipinski definition) is 1. The van der Waals surface area contributed by atoms with Gasteiger partial charge in [0.1, 0.15) is 11.8 Å². The molecule has 0 amide bonds. The molecule has 3 aromatic rings. The molecule has 4 nitrogen and oxygen atoms in total. The summed E-state index contributed by atoms with van der Waals surface area (Å²) in [6, 6.07) is 11.4. The number of fused-ring (bicyclic) bond motifs is 1. The van der Waals surface area contributed by atoms with Crippen molar-refractivity contribution in [3.63, 3.8) is 0 Å². The number of pyridine rings is 1. The van der Waals surface area contributed by atoms with Crippen LogP contribution in [0.1, 0.15) is 12.5 Å². The first-order chi connectivity index (χ1) is 8.79. The van der Waals surface area contributed by atoms with E-state index >= 15 is 0 Å². The first kappa shape index (κ1) is 10.8. The van der Waals surface area contributed by atoms with Gasteiger partial charge in [0.05, 0.1) is 5.69 Å². The van der Waals surface area contributed by atoms with Crippen LogP contribution in [0.4, 0.5) is 0 Å². The van der Waals surface area contributed by atoms with Crippen molar-refractivity contribution in [3.05, 3.63) is 48.3 Å². The third-order valence-corrected chi connectivity index (χ3v) is 3.01. The Hall–Kier alpha value is -2.36. The number of nitrogens with zero attached hydrogens (tertiary/aromatic N) is 3. The first-order valence-corrected chi connectivity index (χ1v) is 5.91. The Balaban J connectivity index is 2.28. The van der Waals surface area contributed by atoms with Gasteiger partial charge < -0.3 is 5.11 Å². The second-order valence-electron chi connectivity index (χ2n) is 4.11. The van der Waals surface area contributed by atoms with Crippen LogP contribution in [0, 0.1) is 0 Å². The normalized spacial score (nSPS) is 10.9. The van der Waals surface area contributed by atoms with Crippen molar-refractivity contribution in [2.75, 3.05) is 0 Å². The van der Waals surface area contributed by atoms with Crippen LogP contribution in [0.15, 0.2) is 42.7 Å². The molecule has 90 valence electrons. The fourth-order valence-electron chi connectivity index (χ4n) is 2.10. The molecule has 1 aromatic carbocycles. The van der Waals surface area contributed by atoms with Gasteiger partial charge in [-0.05, 0) is 24.1 Å².